The summed E-state index contributed by atoms with van der Waals surface area (Å²) in [5.74, 6) is -0.442. The van der Waals surface area contributed by atoms with E-state index in [0.29, 0.717) is 11.6 Å². The van der Waals surface area contributed by atoms with Crippen LogP contribution in [-0.4, -0.2) is 28.6 Å². The third-order valence-electron chi connectivity index (χ3n) is 3.68. The van der Waals surface area contributed by atoms with Crippen molar-refractivity contribution < 1.29 is 9.90 Å². The van der Waals surface area contributed by atoms with Gasteiger partial charge in [-0.2, -0.15) is 0 Å². The summed E-state index contributed by atoms with van der Waals surface area (Å²) in [6.07, 6.45) is 1.89. The van der Waals surface area contributed by atoms with Crippen molar-refractivity contribution in [3.05, 3.63) is 34.9 Å². The number of hydrogen-bond acceptors (Lipinski definition) is 2. The highest BCUT2D eigenvalue weighted by molar-refractivity contribution is 6.30. The standard InChI is InChI=1S/C14H18ClNO2/c1-2-11-6-7-16(13(11)14(17)18)9-10-4-3-5-12(15)8-10/h3-5,8,11,13H,2,6-7,9H2,1H3,(H,17,18)/t11?,13-/m0/s1. The zero-order valence-corrected chi connectivity index (χ0v) is 11.2. The van der Waals surface area contributed by atoms with Gasteiger partial charge in [0.2, 0.25) is 0 Å². The fourth-order valence-corrected chi connectivity index (χ4v) is 2.97. The summed E-state index contributed by atoms with van der Waals surface area (Å²) in [4.78, 5) is 13.4. The van der Waals surface area contributed by atoms with Crippen LogP contribution in [0, 0.1) is 5.92 Å². The van der Waals surface area contributed by atoms with Gasteiger partial charge >= 0.3 is 5.97 Å². The van der Waals surface area contributed by atoms with Crippen molar-refractivity contribution in [2.75, 3.05) is 6.54 Å². The molecule has 0 radical (unpaired) electrons. The number of carboxylic acids is 1. The van der Waals surface area contributed by atoms with E-state index >= 15 is 0 Å². The number of aliphatic carboxylic acids is 1. The van der Waals surface area contributed by atoms with Crippen molar-refractivity contribution in [2.24, 2.45) is 5.92 Å². The molecule has 0 bridgehead atoms. The first-order chi connectivity index (χ1) is 8.61. The van der Waals surface area contributed by atoms with Crippen LogP contribution < -0.4 is 0 Å². The predicted molar refractivity (Wildman–Crippen MR) is 71.7 cm³/mol. The molecule has 1 aliphatic rings. The molecule has 1 aliphatic heterocycles. The maximum atomic E-state index is 11.4. The smallest absolute Gasteiger partial charge is 0.321 e. The molecule has 1 N–H and O–H groups in total. The molecular formula is C14H18ClNO2. The van der Waals surface area contributed by atoms with E-state index < -0.39 is 5.97 Å². The molecule has 1 unspecified atom stereocenters. The van der Waals surface area contributed by atoms with Gasteiger partial charge in [0, 0.05) is 11.6 Å². The quantitative estimate of drug-likeness (QED) is 0.912. The van der Waals surface area contributed by atoms with E-state index in [-0.39, 0.29) is 12.0 Å². The van der Waals surface area contributed by atoms with Crippen LogP contribution in [0.25, 0.3) is 0 Å². The SMILES string of the molecule is CCC1CCN(Cc2cccc(Cl)c2)[C@@H]1C(=O)O. The number of benzene rings is 1. The minimum Gasteiger partial charge on any atom is -0.480 e. The highest BCUT2D eigenvalue weighted by Crippen LogP contribution is 2.29. The van der Waals surface area contributed by atoms with Gasteiger partial charge in [-0.1, -0.05) is 37.1 Å². The Labute approximate surface area is 112 Å². The summed E-state index contributed by atoms with van der Waals surface area (Å²) in [6, 6.07) is 7.28. The first kappa shape index (κ1) is 13.4. The van der Waals surface area contributed by atoms with Crippen LogP contribution in [0.2, 0.25) is 5.02 Å². The van der Waals surface area contributed by atoms with Crippen LogP contribution in [0.4, 0.5) is 0 Å². The van der Waals surface area contributed by atoms with Crippen LogP contribution in [-0.2, 0) is 11.3 Å². The molecule has 2 atom stereocenters. The van der Waals surface area contributed by atoms with Gasteiger partial charge in [-0.3, -0.25) is 9.69 Å². The third-order valence-corrected chi connectivity index (χ3v) is 3.91. The third kappa shape index (κ3) is 2.85. The van der Waals surface area contributed by atoms with Crippen molar-refractivity contribution in [1.82, 2.24) is 4.90 Å². The van der Waals surface area contributed by atoms with Crippen LogP contribution in [0.5, 0.6) is 0 Å². The Morgan fingerprint density at radius 1 is 1.56 bits per heavy atom. The van der Waals surface area contributed by atoms with E-state index in [2.05, 4.69) is 6.92 Å². The van der Waals surface area contributed by atoms with E-state index in [4.69, 9.17) is 11.6 Å². The fraction of sp³-hybridized carbons (Fsp3) is 0.500. The molecule has 98 valence electrons. The Hall–Kier alpha value is -1.06. The molecule has 1 aromatic rings. The molecule has 0 saturated carbocycles. The van der Waals surface area contributed by atoms with E-state index in [1.165, 1.54) is 0 Å². The Morgan fingerprint density at radius 2 is 2.33 bits per heavy atom. The lowest BCUT2D eigenvalue weighted by Crippen LogP contribution is -2.39. The zero-order chi connectivity index (χ0) is 13.1. The molecule has 4 heteroatoms. The average Bonchev–Trinajstić information content (AvgIpc) is 2.72. The Kier molecular flexibility index (Phi) is 4.25. The maximum absolute atomic E-state index is 11.4. The van der Waals surface area contributed by atoms with Crippen molar-refractivity contribution in [1.29, 1.82) is 0 Å². The summed E-state index contributed by atoms with van der Waals surface area (Å²) in [5.41, 5.74) is 1.07. The zero-order valence-electron chi connectivity index (χ0n) is 10.5. The molecule has 1 saturated heterocycles. The van der Waals surface area contributed by atoms with Gasteiger partial charge in [0.25, 0.3) is 0 Å². The molecule has 18 heavy (non-hydrogen) atoms. The molecule has 1 fully saturated rings. The second-order valence-electron chi connectivity index (χ2n) is 4.84. The second-order valence-corrected chi connectivity index (χ2v) is 5.28. The largest absolute Gasteiger partial charge is 0.480 e. The monoisotopic (exact) mass is 267 g/mol. The minimum atomic E-state index is -0.707. The van der Waals surface area contributed by atoms with E-state index in [9.17, 15) is 9.90 Å². The average molecular weight is 268 g/mol. The maximum Gasteiger partial charge on any atom is 0.321 e. The van der Waals surface area contributed by atoms with Crippen LogP contribution >= 0.6 is 11.6 Å². The number of likely N-dealkylation sites (tertiary alicyclic amines) is 1. The molecule has 0 amide bonds. The second kappa shape index (κ2) is 5.72. The van der Waals surface area contributed by atoms with Gasteiger partial charge < -0.3 is 5.11 Å². The number of halogens is 1. The lowest BCUT2D eigenvalue weighted by Gasteiger charge is -2.24. The van der Waals surface area contributed by atoms with Gasteiger partial charge in [-0.15, -0.1) is 0 Å². The predicted octanol–water partition coefficient (Wildman–Crippen LogP) is 3.03. The first-order valence-corrected chi connectivity index (χ1v) is 6.71. The van der Waals surface area contributed by atoms with Gasteiger partial charge in [-0.25, -0.2) is 0 Å². The molecule has 0 aromatic heterocycles. The van der Waals surface area contributed by atoms with Gasteiger partial charge in [0.1, 0.15) is 6.04 Å². The number of nitrogens with zero attached hydrogens (tertiary/aromatic N) is 1. The van der Waals surface area contributed by atoms with E-state index in [0.717, 1.165) is 24.9 Å². The van der Waals surface area contributed by atoms with Gasteiger partial charge in [0.15, 0.2) is 0 Å². The molecular weight excluding hydrogens is 250 g/mol. The Bertz CT molecular complexity index is 436. The molecule has 3 nitrogen and oxygen atoms in total. The normalized spacial score (nSPS) is 24.3. The summed E-state index contributed by atoms with van der Waals surface area (Å²) in [7, 11) is 0. The minimum absolute atomic E-state index is 0.265. The van der Waals surface area contributed by atoms with Crippen molar-refractivity contribution >= 4 is 17.6 Å². The molecule has 0 spiro atoms. The van der Waals surface area contributed by atoms with E-state index in [1.54, 1.807) is 0 Å². The fourth-order valence-electron chi connectivity index (χ4n) is 2.76. The lowest BCUT2D eigenvalue weighted by molar-refractivity contribution is -0.143. The number of carbonyl (C=O) groups is 1. The molecule has 0 aliphatic carbocycles. The summed E-state index contributed by atoms with van der Waals surface area (Å²) < 4.78 is 0. The lowest BCUT2D eigenvalue weighted by atomic mass is 9.97. The van der Waals surface area contributed by atoms with Crippen molar-refractivity contribution in [2.45, 2.75) is 32.4 Å². The van der Waals surface area contributed by atoms with Gasteiger partial charge in [0.05, 0.1) is 0 Å². The summed E-state index contributed by atoms with van der Waals surface area (Å²) in [6.45, 7) is 3.57. The molecule has 2 rings (SSSR count). The number of carboxylic acid groups (broad SMARTS) is 1. The number of rotatable bonds is 4. The molecule has 1 heterocycles. The Balaban J connectivity index is 2.11. The van der Waals surface area contributed by atoms with Gasteiger partial charge in [-0.05, 0) is 36.6 Å². The van der Waals surface area contributed by atoms with Crippen molar-refractivity contribution in [3.63, 3.8) is 0 Å². The number of hydrogen-bond donors (Lipinski definition) is 1. The van der Waals surface area contributed by atoms with Crippen LogP contribution in [0.3, 0.4) is 0 Å². The first-order valence-electron chi connectivity index (χ1n) is 6.33. The van der Waals surface area contributed by atoms with E-state index in [1.807, 2.05) is 29.2 Å². The van der Waals surface area contributed by atoms with Crippen molar-refractivity contribution in [3.8, 4) is 0 Å². The van der Waals surface area contributed by atoms with Crippen LogP contribution in [0.1, 0.15) is 25.3 Å². The summed E-state index contributed by atoms with van der Waals surface area (Å²) >= 11 is 5.95. The topological polar surface area (TPSA) is 40.5 Å². The highest BCUT2D eigenvalue weighted by Gasteiger charge is 2.37. The Morgan fingerprint density at radius 3 is 2.94 bits per heavy atom. The molecule has 1 aromatic carbocycles. The summed E-state index contributed by atoms with van der Waals surface area (Å²) in [5, 5.41) is 10.0. The van der Waals surface area contributed by atoms with Crippen LogP contribution in [0.15, 0.2) is 24.3 Å². The highest BCUT2D eigenvalue weighted by atomic mass is 35.5.